The summed E-state index contributed by atoms with van der Waals surface area (Å²) in [6, 6.07) is 16.5. The fourth-order valence-electron chi connectivity index (χ4n) is 5.00. The molecule has 2 aromatic rings. The van der Waals surface area contributed by atoms with E-state index in [2.05, 4.69) is 11.9 Å². The average molecular weight is 390 g/mol. The average Bonchev–Trinajstić information content (AvgIpc) is 2.82. The van der Waals surface area contributed by atoms with E-state index in [1.165, 1.54) is 12.8 Å². The number of fused-ring (bicyclic) bond motifs is 2. The van der Waals surface area contributed by atoms with Crippen LogP contribution in [-0.4, -0.2) is 29.1 Å². The maximum atomic E-state index is 11.9. The van der Waals surface area contributed by atoms with Crippen molar-refractivity contribution in [1.82, 2.24) is 4.90 Å². The van der Waals surface area contributed by atoms with Gasteiger partial charge in [-0.25, -0.2) is 0 Å². The van der Waals surface area contributed by atoms with Gasteiger partial charge in [-0.05, 0) is 80.5 Å². The number of halogens is 2. The molecule has 0 amide bonds. The van der Waals surface area contributed by atoms with Crippen molar-refractivity contribution >= 4 is 23.2 Å². The van der Waals surface area contributed by atoms with Crippen molar-refractivity contribution < 1.29 is 5.11 Å². The largest absolute Gasteiger partial charge is 0.380 e. The maximum absolute atomic E-state index is 11.9. The Morgan fingerprint density at radius 2 is 1.46 bits per heavy atom. The first-order valence-corrected chi connectivity index (χ1v) is 10.2. The number of rotatable bonds is 4. The molecule has 4 heteroatoms. The predicted molar refractivity (Wildman–Crippen MR) is 108 cm³/mol. The van der Waals surface area contributed by atoms with Gasteiger partial charge in [0.1, 0.15) is 5.60 Å². The van der Waals surface area contributed by atoms with Gasteiger partial charge in [0.15, 0.2) is 0 Å². The second kappa shape index (κ2) is 7.16. The molecule has 1 N–H and O–H groups in total. The molecule has 2 bridgehead atoms. The standard InChI is InChI=1S/C22H25Cl2NO/c1-25-20-8-9-21(25)11-15(10-20)14-22(26,16-4-2-6-18(23)12-16)17-5-3-7-19(24)13-17/h2-7,12-13,15,20-21,26H,8-11,14H2,1H3. The van der Waals surface area contributed by atoms with E-state index in [0.717, 1.165) is 24.0 Å². The molecule has 0 aliphatic carbocycles. The molecule has 138 valence electrons. The summed E-state index contributed by atoms with van der Waals surface area (Å²) in [6.07, 6.45) is 5.57. The van der Waals surface area contributed by atoms with E-state index in [9.17, 15) is 5.11 Å². The van der Waals surface area contributed by atoms with Crippen molar-refractivity contribution in [3.8, 4) is 0 Å². The van der Waals surface area contributed by atoms with Gasteiger partial charge in [0, 0.05) is 22.1 Å². The Hall–Kier alpha value is -1.06. The van der Waals surface area contributed by atoms with Crippen LogP contribution in [0.4, 0.5) is 0 Å². The fraction of sp³-hybridized carbons (Fsp3) is 0.455. The van der Waals surface area contributed by atoms with E-state index in [1.54, 1.807) is 0 Å². The van der Waals surface area contributed by atoms with Gasteiger partial charge in [-0.15, -0.1) is 0 Å². The van der Waals surface area contributed by atoms with Gasteiger partial charge in [0.25, 0.3) is 0 Å². The Labute approximate surface area is 165 Å². The van der Waals surface area contributed by atoms with Crippen molar-refractivity contribution in [3.63, 3.8) is 0 Å². The minimum Gasteiger partial charge on any atom is -0.380 e. The maximum Gasteiger partial charge on any atom is 0.115 e. The zero-order chi connectivity index (χ0) is 18.3. The van der Waals surface area contributed by atoms with E-state index in [0.29, 0.717) is 34.5 Å². The number of nitrogens with zero attached hydrogens (tertiary/aromatic N) is 1. The van der Waals surface area contributed by atoms with E-state index >= 15 is 0 Å². The van der Waals surface area contributed by atoms with Crippen LogP contribution in [0.25, 0.3) is 0 Å². The molecule has 2 aliphatic rings. The smallest absolute Gasteiger partial charge is 0.115 e. The summed E-state index contributed by atoms with van der Waals surface area (Å²) in [5.74, 6) is 0.492. The summed E-state index contributed by atoms with van der Waals surface area (Å²) < 4.78 is 0. The lowest BCUT2D eigenvalue weighted by atomic mass is 9.75. The van der Waals surface area contributed by atoms with Crippen LogP contribution < -0.4 is 0 Å². The van der Waals surface area contributed by atoms with Crippen LogP contribution in [-0.2, 0) is 5.60 Å². The van der Waals surface area contributed by atoms with E-state index in [-0.39, 0.29) is 0 Å². The minimum absolute atomic E-state index is 0.492. The van der Waals surface area contributed by atoms with Gasteiger partial charge in [0.2, 0.25) is 0 Å². The van der Waals surface area contributed by atoms with Crippen LogP contribution in [0.2, 0.25) is 10.0 Å². The summed E-state index contributed by atoms with van der Waals surface area (Å²) in [7, 11) is 2.25. The number of hydrogen-bond acceptors (Lipinski definition) is 2. The Morgan fingerprint density at radius 1 is 0.962 bits per heavy atom. The third-order valence-electron chi connectivity index (χ3n) is 6.38. The Balaban J connectivity index is 1.69. The lowest BCUT2D eigenvalue weighted by Gasteiger charge is -2.40. The molecule has 2 atom stereocenters. The van der Waals surface area contributed by atoms with Crippen molar-refractivity contribution in [2.45, 2.75) is 49.8 Å². The number of hydrogen-bond donors (Lipinski definition) is 1. The molecule has 2 aromatic carbocycles. The first-order chi connectivity index (χ1) is 12.5. The highest BCUT2D eigenvalue weighted by Crippen LogP contribution is 2.45. The first-order valence-electron chi connectivity index (χ1n) is 9.42. The van der Waals surface area contributed by atoms with Crippen LogP contribution in [0.3, 0.4) is 0 Å². The van der Waals surface area contributed by atoms with Gasteiger partial charge >= 0.3 is 0 Å². The van der Waals surface area contributed by atoms with Crippen LogP contribution in [0.5, 0.6) is 0 Å². The second-order valence-electron chi connectivity index (χ2n) is 7.97. The molecule has 2 fully saturated rings. The zero-order valence-electron chi connectivity index (χ0n) is 15.0. The summed E-state index contributed by atoms with van der Waals surface area (Å²) in [4.78, 5) is 2.54. The molecule has 2 aliphatic heterocycles. The summed E-state index contributed by atoms with van der Waals surface area (Å²) in [5, 5.41) is 13.2. The molecule has 2 nitrogen and oxygen atoms in total. The normalized spacial score (nSPS) is 26.2. The molecule has 4 rings (SSSR count). The Bertz CT molecular complexity index is 734. The van der Waals surface area contributed by atoms with E-state index in [1.807, 2.05) is 48.5 Å². The number of benzene rings is 2. The van der Waals surface area contributed by atoms with Crippen molar-refractivity contribution in [3.05, 3.63) is 69.7 Å². The predicted octanol–water partition coefficient (Wildman–Crippen LogP) is 5.49. The molecule has 2 unspecified atom stereocenters. The highest BCUT2D eigenvalue weighted by molar-refractivity contribution is 6.31. The van der Waals surface area contributed by atoms with Crippen LogP contribution >= 0.6 is 23.2 Å². The lowest BCUT2D eigenvalue weighted by molar-refractivity contribution is 0.0268. The van der Waals surface area contributed by atoms with Crippen molar-refractivity contribution in [1.29, 1.82) is 0 Å². The van der Waals surface area contributed by atoms with Crippen molar-refractivity contribution in [2.75, 3.05) is 7.05 Å². The molecule has 0 spiro atoms. The monoisotopic (exact) mass is 389 g/mol. The van der Waals surface area contributed by atoms with E-state index in [4.69, 9.17) is 23.2 Å². The molecule has 0 aromatic heterocycles. The summed E-state index contributed by atoms with van der Waals surface area (Å²) in [6.45, 7) is 0. The second-order valence-corrected chi connectivity index (χ2v) is 8.85. The highest BCUT2D eigenvalue weighted by Gasteiger charge is 2.42. The Morgan fingerprint density at radius 3 is 1.92 bits per heavy atom. The molecule has 2 saturated heterocycles. The minimum atomic E-state index is -1.07. The van der Waals surface area contributed by atoms with Gasteiger partial charge in [-0.2, -0.15) is 0 Å². The fourth-order valence-corrected chi connectivity index (χ4v) is 5.38. The number of piperidine rings is 1. The lowest BCUT2D eigenvalue weighted by Crippen LogP contribution is -2.42. The molecular weight excluding hydrogens is 365 g/mol. The van der Waals surface area contributed by atoms with E-state index < -0.39 is 5.60 Å². The molecule has 2 heterocycles. The quantitative estimate of drug-likeness (QED) is 0.746. The summed E-state index contributed by atoms with van der Waals surface area (Å²) >= 11 is 12.5. The first kappa shape index (κ1) is 18.3. The molecule has 26 heavy (non-hydrogen) atoms. The molecular formula is C22H25Cl2NO. The van der Waals surface area contributed by atoms with Gasteiger partial charge in [0.05, 0.1) is 0 Å². The van der Waals surface area contributed by atoms with Gasteiger partial charge in [-0.1, -0.05) is 47.5 Å². The topological polar surface area (TPSA) is 23.5 Å². The molecule has 0 radical (unpaired) electrons. The van der Waals surface area contributed by atoms with Gasteiger partial charge in [-0.3, -0.25) is 0 Å². The highest BCUT2D eigenvalue weighted by atomic mass is 35.5. The third kappa shape index (κ3) is 3.41. The summed E-state index contributed by atoms with van der Waals surface area (Å²) in [5.41, 5.74) is 0.618. The van der Waals surface area contributed by atoms with Crippen LogP contribution in [0.15, 0.2) is 48.5 Å². The molecule has 0 saturated carbocycles. The Kier molecular flexibility index (Phi) is 5.04. The van der Waals surface area contributed by atoms with Crippen LogP contribution in [0, 0.1) is 5.92 Å². The van der Waals surface area contributed by atoms with Crippen molar-refractivity contribution in [2.24, 2.45) is 5.92 Å². The van der Waals surface area contributed by atoms with Gasteiger partial charge < -0.3 is 10.0 Å². The third-order valence-corrected chi connectivity index (χ3v) is 6.85. The zero-order valence-corrected chi connectivity index (χ0v) is 16.5. The number of aliphatic hydroxyl groups is 1. The SMILES string of the molecule is CN1C2CCC1CC(CC(O)(c1cccc(Cl)c1)c1cccc(Cl)c1)C2. The van der Waals surface area contributed by atoms with Crippen LogP contribution in [0.1, 0.15) is 43.2 Å².